The second-order valence-corrected chi connectivity index (χ2v) is 8.92. The Hall–Kier alpha value is -1.48. The van der Waals surface area contributed by atoms with Crippen molar-refractivity contribution in [3.63, 3.8) is 0 Å². The van der Waals surface area contributed by atoms with Crippen molar-refractivity contribution in [1.29, 1.82) is 0 Å². The van der Waals surface area contributed by atoms with Crippen LogP contribution in [0.4, 0.5) is 0 Å². The van der Waals surface area contributed by atoms with E-state index in [2.05, 4.69) is 10.6 Å². The van der Waals surface area contributed by atoms with Crippen molar-refractivity contribution in [2.45, 2.75) is 31.6 Å². The van der Waals surface area contributed by atoms with Gasteiger partial charge >= 0.3 is 0 Å². The van der Waals surface area contributed by atoms with Gasteiger partial charge in [0.05, 0.1) is 11.5 Å². The fourth-order valence-corrected chi connectivity index (χ4v) is 5.02. The first-order chi connectivity index (χ1) is 12.9. The Kier molecular flexibility index (Phi) is 7.79. The molecule has 0 bridgehead atoms. The summed E-state index contributed by atoms with van der Waals surface area (Å²) >= 11 is 0. The average molecular weight is 398 g/mol. The molecule has 7 nitrogen and oxygen atoms in total. The molecule has 1 heterocycles. The molecule has 0 aromatic heterocycles. The molecule has 1 aliphatic heterocycles. The molecular formula is C19H31N3O4S. The van der Waals surface area contributed by atoms with Gasteiger partial charge in [0.15, 0.2) is 0 Å². The molecule has 0 atom stereocenters. The fourth-order valence-electron chi connectivity index (χ4n) is 3.52. The summed E-state index contributed by atoms with van der Waals surface area (Å²) in [5, 5.41) is 6.30. The second-order valence-electron chi connectivity index (χ2n) is 6.98. The van der Waals surface area contributed by atoms with E-state index in [-0.39, 0.29) is 16.2 Å². The van der Waals surface area contributed by atoms with E-state index in [1.54, 1.807) is 33.1 Å². The Morgan fingerprint density at radius 1 is 1.26 bits per heavy atom. The molecular weight excluding hydrogens is 366 g/mol. The Labute approximate surface area is 162 Å². The maximum atomic E-state index is 12.7. The van der Waals surface area contributed by atoms with Crippen molar-refractivity contribution in [3.8, 4) is 0 Å². The van der Waals surface area contributed by atoms with Crippen LogP contribution in [0.2, 0.25) is 0 Å². The Bertz CT molecular complexity index is 721. The summed E-state index contributed by atoms with van der Waals surface area (Å²) in [6.07, 6.45) is 1.86. The fraction of sp³-hybridized carbons (Fsp3) is 0.632. The molecule has 1 aliphatic rings. The molecule has 8 heteroatoms. The number of hydrogen-bond acceptors (Lipinski definition) is 5. The zero-order valence-corrected chi connectivity index (χ0v) is 17.3. The van der Waals surface area contributed by atoms with E-state index in [0.717, 1.165) is 25.9 Å². The van der Waals surface area contributed by atoms with Gasteiger partial charge in [0.1, 0.15) is 0 Å². The van der Waals surface area contributed by atoms with Crippen LogP contribution in [0, 0.1) is 5.41 Å². The molecule has 152 valence electrons. The number of nitrogens with zero attached hydrogens (tertiary/aromatic N) is 1. The summed E-state index contributed by atoms with van der Waals surface area (Å²) < 4.78 is 32.1. The van der Waals surface area contributed by atoms with E-state index < -0.39 is 10.0 Å². The lowest BCUT2D eigenvalue weighted by atomic mass is 9.79. The number of piperidine rings is 1. The highest BCUT2D eigenvalue weighted by molar-refractivity contribution is 7.89. The lowest BCUT2D eigenvalue weighted by molar-refractivity contribution is 0.0511. The molecule has 1 aromatic carbocycles. The van der Waals surface area contributed by atoms with Crippen molar-refractivity contribution in [2.75, 3.05) is 46.4 Å². The summed E-state index contributed by atoms with van der Waals surface area (Å²) in [7, 11) is -1.91. The van der Waals surface area contributed by atoms with Gasteiger partial charge in [-0.25, -0.2) is 8.42 Å². The number of ether oxygens (including phenoxy) is 1. The number of benzene rings is 1. The van der Waals surface area contributed by atoms with Crippen molar-refractivity contribution >= 4 is 15.9 Å². The molecule has 1 aromatic rings. The first kappa shape index (κ1) is 21.8. The number of carbonyl (C=O) groups excluding carboxylic acids is 1. The predicted molar refractivity (Wildman–Crippen MR) is 105 cm³/mol. The molecule has 0 saturated carbocycles. The van der Waals surface area contributed by atoms with Crippen LogP contribution in [-0.2, 0) is 14.8 Å². The van der Waals surface area contributed by atoms with Crippen molar-refractivity contribution in [3.05, 3.63) is 29.8 Å². The standard InChI is InChI=1S/C19H31N3O4S/c1-4-22(5-2)27(24,25)17-8-6-7-16(13-17)18(23)21-14-19(15-26-3)9-11-20-12-10-19/h6-8,13,20H,4-5,9-12,14-15H2,1-3H3,(H,21,23). The van der Waals surface area contributed by atoms with Gasteiger partial charge in [0.25, 0.3) is 5.91 Å². The van der Waals surface area contributed by atoms with Gasteiger partial charge < -0.3 is 15.4 Å². The van der Waals surface area contributed by atoms with Crippen molar-refractivity contribution < 1.29 is 17.9 Å². The first-order valence-corrected chi connectivity index (χ1v) is 10.9. The number of sulfonamides is 1. The quantitative estimate of drug-likeness (QED) is 0.659. The highest BCUT2D eigenvalue weighted by Crippen LogP contribution is 2.28. The maximum Gasteiger partial charge on any atom is 0.251 e. The van der Waals surface area contributed by atoms with Crippen LogP contribution < -0.4 is 10.6 Å². The first-order valence-electron chi connectivity index (χ1n) is 9.46. The monoisotopic (exact) mass is 397 g/mol. The molecule has 2 N–H and O–H groups in total. The SMILES string of the molecule is CCN(CC)S(=O)(=O)c1cccc(C(=O)NCC2(COC)CCNCC2)c1. The smallest absolute Gasteiger partial charge is 0.251 e. The van der Waals surface area contributed by atoms with E-state index in [9.17, 15) is 13.2 Å². The molecule has 1 saturated heterocycles. The average Bonchev–Trinajstić information content (AvgIpc) is 2.68. The number of methoxy groups -OCH3 is 1. The predicted octanol–water partition coefficient (Wildman–Crippen LogP) is 1.46. The molecule has 0 spiro atoms. The Morgan fingerprint density at radius 2 is 1.93 bits per heavy atom. The number of nitrogens with one attached hydrogen (secondary N) is 2. The zero-order chi connectivity index (χ0) is 19.9. The van der Waals surface area contributed by atoms with Crippen molar-refractivity contribution in [1.82, 2.24) is 14.9 Å². The van der Waals surface area contributed by atoms with E-state index in [0.29, 0.717) is 31.8 Å². The molecule has 1 fully saturated rings. The molecule has 27 heavy (non-hydrogen) atoms. The lowest BCUT2D eigenvalue weighted by Gasteiger charge is -2.37. The second kappa shape index (κ2) is 9.64. The molecule has 1 amide bonds. The Balaban J connectivity index is 2.13. The van der Waals surface area contributed by atoms with E-state index in [4.69, 9.17) is 4.74 Å². The lowest BCUT2D eigenvalue weighted by Crippen LogP contribution is -2.47. The molecule has 2 rings (SSSR count). The highest BCUT2D eigenvalue weighted by Gasteiger charge is 2.32. The van der Waals surface area contributed by atoms with Crippen LogP contribution in [0.25, 0.3) is 0 Å². The largest absolute Gasteiger partial charge is 0.384 e. The third kappa shape index (κ3) is 5.28. The zero-order valence-electron chi connectivity index (χ0n) is 16.5. The highest BCUT2D eigenvalue weighted by atomic mass is 32.2. The van der Waals surface area contributed by atoms with Gasteiger partial charge in [-0.3, -0.25) is 4.79 Å². The number of rotatable bonds is 9. The molecule has 0 radical (unpaired) electrons. The third-order valence-electron chi connectivity index (χ3n) is 5.18. The molecule has 0 aliphatic carbocycles. The minimum absolute atomic E-state index is 0.0828. The van der Waals surface area contributed by atoms with Crippen LogP contribution in [-0.4, -0.2) is 65.1 Å². The molecule has 0 unspecified atom stereocenters. The summed E-state index contributed by atoms with van der Waals surface area (Å²) in [4.78, 5) is 12.8. The summed E-state index contributed by atoms with van der Waals surface area (Å²) in [5.41, 5.74) is 0.269. The Morgan fingerprint density at radius 3 is 2.52 bits per heavy atom. The van der Waals surface area contributed by atoms with Gasteiger partial charge in [-0.05, 0) is 44.1 Å². The van der Waals surface area contributed by atoms with Crippen LogP contribution in [0.15, 0.2) is 29.2 Å². The van der Waals surface area contributed by atoms with Gasteiger partial charge in [0.2, 0.25) is 10.0 Å². The van der Waals surface area contributed by atoms with E-state index in [1.807, 2.05) is 0 Å². The minimum Gasteiger partial charge on any atom is -0.384 e. The number of amides is 1. The van der Waals surface area contributed by atoms with E-state index in [1.165, 1.54) is 16.4 Å². The van der Waals surface area contributed by atoms with E-state index >= 15 is 0 Å². The third-order valence-corrected chi connectivity index (χ3v) is 7.22. The maximum absolute atomic E-state index is 12.7. The van der Waals surface area contributed by atoms with Crippen LogP contribution >= 0.6 is 0 Å². The van der Waals surface area contributed by atoms with Crippen molar-refractivity contribution in [2.24, 2.45) is 5.41 Å². The normalized spacial score (nSPS) is 17.0. The summed E-state index contributed by atoms with van der Waals surface area (Å²) in [6, 6.07) is 6.24. The number of carbonyl (C=O) groups is 1. The van der Waals surface area contributed by atoms with Gasteiger partial charge in [0, 0.05) is 37.7 Å². The minimum atomic E-state index is -3.59. The van der Waals surface area contributed by atoms with Gasteiger partial charge in [-0.1, -0.05) is 19.9 Å². The van der Waals surface area contributed by atoms with Crippen LogP contribution in [0.3, 0.4) is 0 Å². The number of hydrogen-bond donors (Lipinski definition) is 2. The van der Waals surface area contributed by atoms with Gasteiger partial charge in [-0.2, -0.15) is 4.31 Å². The topological polar surface area (TPSA) is 87.7 Å². The van der Waals surface area contributed by atoms with Gasteiger partial charge in [-0.15, -0.1) is 0 Å². The summed E-state index contributed by atoms with van der Waals surface area (Å²) in [6.45, 7) is 7.27. The summed E-state index contributed by atoms with van der Waals surface area (Å²) in [5.74, 6) is -0.263. The van der Waals surface area contributed by atoms with Crippen LogP contribution in [0.5, 0.6) is 0 Å². The van der Waals surface area contributed by atoms with Crippen LogP contribution in [0.1, 0.15) is 37.0 Å².